The molecule has 1 aromatic rings. The molecule has 3 rings (SSSR count). The minimum absolute atomic E-state index is 0.174. The van der Waals surface area contributed by atoms with Crippen molar-refractivity contribution in [2.45, 2.75) is 32.7 Å². The number of halogens is 1. The van der Waals surface area contributed by atoms with Crippen LogP contribution in [0.2, 0.25) is 5.02 Å². The average Bonchev–Trinajstić information content (AvgIpc) is 3.18. The molecule has 156 valence electrons. The van der Waals surface area contributed by atoms with Crippen LogP contribution in [0.5, 0.6) is 0 Å². The molecule has 2 fully saturated rings. The molecule has 9 heteroatoms. The molecule has 2 N–H and O–H groups in total. The summed E-state index contributed by atoms with van der Waals surface area (Å²) < 4.78 is 0. The van der Waals surface area contributed by atoms with E-state index in [1.165, 1.54) is 4.90 Å². The molecule has 7 nitrogen and oxygen atoms in total. The van der Waals surface area contributed by atoms with Gasteiger partial charge < -0.3 is 14.9 Å². The quantitative estimate of drug-likeness (QED) is 0.683. The second-order valence-electron chi connectivity index (χ2n) is 8.19. The van der Waals surface area contributed by atoms with Crippen LogP contribution in [0.3, 0.4) is 0 Å². The van der Waals surface area contributed by atoms with Crippen molar-refractivity contribution in [2.24, 2.45) is 5.92 Å². The van der Waals surface area contributed by atoms with Gasteiger partial charge in [0.05, 0.1) is 15.6 Å². The summed E-state index contributed by atoms with van der Waals surface area (Å²) in [6.07, 6.45) is 1.60. The molecule has 29 heavy (non-hydrogen) atoms. The second-order valence-corrected chi connectivity index (χ2v) is 9.62. The summed E-state index contributed by atoms with van der Waals surface area (Å²) in [5.41, 5.74) is 1.09. The van der Waals surface area contributed by atoms with Crippen LogP contribution in [0.15, 0.2) is 23.1 Å². The zero-order valence-corrected chi connectivity index (χ0v) is 18.1. The lowest BCUT2D eigenvalue weighted by Crippen LogP contribution is -2.47. The number of para-hydroxylation sites is 1. The first-order chi connectivity index (χ1) is 13.6. The molecule has 0 unspecified atom stereocenters. The maximum absolute atomic E-state index is 11.9. The van der Waals surface area contributed by atoms with E-state index in [1.54, 1.807) is 18.2 Å². The van der Waals surface area contributed by atoms with Gasteiger partial charge in [0.2, 0.25) is 0 Å². The van der Waals surface area contributed by atoms with Crippen LogP contribution in [-0.2, 0) is 4.79 Å². The van der Waals surface area contributed by atoms with Gasteiger partial charge >= 0.3 is 6.09 Å². The molecule has 2 aliphatic heterocycles. The molecule has 0 bridgehead atoms. The van der Waals surface area contributed by atoms with E-state index in [9.17, 15) is 19.5 Å². The van der Waals surface area contributed by atoms with Gasteiger partial charge in [-0.1, -0.05) is 23.7 Å². The van der Waals surface area contributed by atoms with Crippen molar-refractivity contribution in [3.63, 3.8) is 0 Å². The Morgan fingerprint density at radius 2 is 2.14 bits per heavy atom. The number of nitrogens with zero attached hydrogens (tertiary/aromatic N) is 2. The minimum atomic E-state index is -0.923. The zero-order valence-electron chi connectivity index (χ0n) is 16.6. The van der Waals surface area contributed by atoms with Gasteiger partial charge in [-0.05, 0) is 57.0 Å². The van der Waals surface area contributed by atoms with Crippen LogP contribution in [-0.4, -0.2) is 52.4 Å². The van der Waals surface area contributed by atoms with Gasteiger partial charge in [0.15, 0.2) is 0 Å². The highest BCUT2D eigenvalue weighted by molar-refractivity contribution is 8.18. The highest BCUT2D eigenvalue weighted by Crippen LogP contribution is 2.37. The SMILES string of the molecule is CC(C)(C)N(C[C@@H]1CCN(c2c(Cl)cccc2C=C2SC(=O)NC2=O)C1)C(=O)O. The maximum Gasteiger partial charge on any atom is 0.407 e. The zero-order chi connectivity index (χ0) is 21.3. The predicted molar refractivity (Wildman–Crippen MR) is 115 cm³/mol. The van der Waals surface area contributed by atoms with E-state index < -0.39 is 17.5 Å². The number of nitrogens with one attached hydrogen (secondary N) is 1. The summed E-state index contributed by atoms with van der Waals surface area (Å²) >= 11 is 7.36. The molecule has 2 saturated heterocycles. The highest BCUT2D eigenvalue weighted by atomic mass is 35.5. The van der Waals surface area contributed by atoms with E-state index in [-0.39, 0.29) is 11.2 Å². The van der Waals surface area contributed by atoms with Crippen LogP contribution in [0, 0.1) is 5.92 Å². The predicted octanol–water partition coefficient (Wildman–Crippen LogP) is 4.27. The number of rotatable bonds is 4. The Bertz CT molecular complexity index is 881. The van der Waals surface area contributed by atoms with Crippen molar-refractivity contribution in [3.05, 3.63) is 33.7 Å². The molecular formula is C20H24ClN3O4S. The average molecular weight is 438 g/mol. The fourth-order valence-corrected chi connectivity index (χ4v) is 4.60. The third-order valence-electron chi connectivity index (χ3n) is 5.03. The van der Waals surface area contributed by atoms with Crippen LogP contribution < -0.4 is 10.2 Å². The van der Waals surface area contributed by atoms with Crippen LogP contribution in [0.25, 0.3) is 6.08 Å². The fourth-order valence-electron chi connectivity index (χ4n) is 3.63. The lowest BCUT2D eigenvalue weighted by atomic mass is 10.0. The van der Waals surface area contributed by atoms with E-state index in [0.717, 1.165) is 36.0 Å². The standard InChI is InChI=1S/C20H24ClN3O4S/c1-20(2,3)24(19(27)28)11-12-7-8-23(10-12)16-13(5-4-6-14(16)21)9-15-17(25)22-18(26)29-15/h4-6,9,12H,7-8,10-11H2,1-3H3,(H,27,28)(H,22,25,26)/t12-/m1/s1. The van der Waals surface area contributed by atoms with E-state index in [1.807, 2.05) is 26.8 Å². The number of thioether (sulfide) groups is 1. The van der Waals surface area contributed by atoms with Crippen molar-refractivity contribution in [3.8, 4) is 0 Å². The number of imide groups is 1. The molecule has 2 heterocycles. The second kappa shape index (κ2) is 8.28. The molecule has 2 aliphatic rings. The molecule has 0 radical (unpaired) electrons. The maximum atomic E-state index is 11.9. The van der Waals surface area contributed by atoms with Gasteiger partial charge in [0.1, 0.15) is 0 Å². The number of amides is 3. The number of hydrogen-bond acceptors (Lipinski definition) is 5. The lowest BCUT2D eigenvalue weighted by Gasteiger charge is -2.35. The summed E-state index contributed by atoms with van der Waals surface area (Å²) in [5, 5.41) is 12.0. The Kier molecular flexibility index (Phi) is 6.14. The summed E-state index contributed by atoms with van der Waals surface area (Å²) in [4.78, 5) is 38.9. The minimum Gasteiger partial charge on any atom is -0.465 e. The third kappa shape index (κ3) is 4.87. The van der Waals surface area contributed by atoms with E-state index >= 15 is 0 Å². The number of benzene rings is 1. The first-order valence-electron chi connectivity index (χ1n) is 9.35. The summed E-state index contributed by atoms with van der Waals surface area (Å²) in [5.74, 6) is -0.236. The monoisotopic (exact) mass is 437 g/mol. The van der Waals surface area contributed by atoms with Crippen molar-refractivity contribution >= 4 is 52.4 Å². The molecule has 1 aromatic carbocycles. The van der Waals surface area contributed by atoms with Gasteiger partial charge in [-0.15, -0.1) is 0 Å². The topological polar surface area (TPSA) is 90.0 Å². The van der Waals surface area contributed by atoms with Gasteiger partial charge in [-0.2, -0.15) is 0 Å². The first kappa shape index (κ1) is 21.5. The Morgan fingerprint density at radius 1 is 1.41 bits per heavy atom. The smallest absolute Gasteiger partial charge is 0.407 e. The number of anilines is 1. The van der Waals surface area contributed by atoms with E-state index in [2.05, 4.69) is 10.2 Å². The highest BCUT2D eigenvalue weighted by Gasteiger charge is 2.33. The molecule has 0 spiro atoms. The molecule has 0 aromatic heterocycles. The van der Waals surface area contributed by atoms with E-state index in [4.69, 9.17) is 11.6 Å². The van der Waals surface area contributed by atoms with Crippen LogP contribution in [0.4, 0.5) is 15.3 Å². The Morgan fingerprint density at radius 3 is 2.72 bits per heavy atom. The van der Waals surface area contributed by atoms with Crippen molar-refractivity contribution < 1.29 is 19.5 Å². The molecule has 0 saturated carbocycles. The number of hydrogen-bond donors (Lipinski definition) is 2. The Balaban J connectivity index is 1.82. The summed E-state index contributed by atoms with van der Waals surface area (Å²) in [6.45, 7) is 7.51. The first-order valence-corrected chi connectivity index (χ1v) is 10.5. The van der Waals surface area contributed by atoms with Gasteiger partial charge in [0.25, 0.3) is 11.1 Å². The molecule has 3 amide bonds. The Hall–Kier alpha value is -2.19. The van der Waals surface area contributed by atoms with E-state index in [0.29, 0.717) is 23.0 Å². The molecule has 1 atom stereocenters. The van der Waals surface area contributed by atoms with Crippen LogP contribution in [0.1, 0.15) is 32.8 Å². The van der Waals surface area contributed by atoms with Crippen LogP contribution >= 0.6 is 23.4 Å². The number of carbonyl (C=O) groups is 3. The fraction of sp³-hybridized carbons (Fsp3) is 0.450. The largest absolute Gasteiger partial charge is 0.465 e. The summed E-state index contributed by atoms with van der Waals surface area (Å²) in [7, 11) is 0. The Labute approximate surface area is 179 Å². The number of carbonyl (C=O) groups excluding carboxylic acids is 2. The lowest BCUT2D eigenvalue weighted by molar-refractivity contribution is -0.115. The normalized spacial score (nSPS) is 21.0. The van der Waals surface area contributed by atoms with Gasteiger partial charge in [0, 0.05) is 30.7 Å². The molecule has 0 aliphatic carbocycles. The van der Waals surface area contributed by atoms with Crippen molar-refractivity contribution in [2.75, 3.05) is 24.5 Å². The van der Waals surface area contributed by atoms with Gasteiger partial charge in [-0.25, -0.2) is 4.79 Å². The van der Waals surface area contributed by atoms with Gasteiger partial charge in [-0.3, -0.25) is 14.9 Å². The number of carboxylic acid groups (broad SMARTS) is 1. The van der Waals surface area contributed by atoms with Crippen molar-refractivity contribution in [1.29, 1.82) is 0 Å². The van der Waals surface area contributed by atoms with Crippen molar-refractivity contribution in [1.82, 2.24) is 10.2 Å². The third-order valence-corrected chi connectivity index (χ3v) is 6.15. The molecular weight excluding hydrogens is 414 g/mol. The summed E-state index contributed by atoms with van der Waals surface area (Å²) in [6, 6.07) is 5.45.